The summed E-state index contributed by atoms with van der Waals surface area (Å²) in [5, 5.41) is 9.57. The fourth-order valence-electron chi connectivity index (χ4n) is 1.89. The number of hydrogen-bond acceptors (Lipinski definition) is 6. The monoisotopic (exact) mass is 363 g/mol. The summed E-state index contributed by atoms with van der Waals surface area (Å²) in [4.78, 5) is 5.65. The summed E-state index contributed by atoms with van der Waals surface area (Å²) in [5.74, 6) is 0.680. The standard InChI is InChI=1S/C16H14ClN3OS2/c1-2-21-14-6-5-11(8-12(14)17)9-18-20-16-19-13(10-23-16)15-4-3-7-22-15/h3-10H,2H2,1H3,(H,19,20)/b18-9-. The van der Waals surface area contributed by atoms with Crippen molar-refractivity contribution in [3.05, 3.63) is 51.7 Å². The lowest BCUT2D eigenvalue weighted by Gasteiger charge is -2.05. The zero-order valence-electron chi connectivity index (χ0n) is 12.3. The molecule has 0 aliphatic rings. The molecule has 0 spiro atoms. The van der Waals surface area contributed by atoms with Crippen molar-refractivity contribution in [3.8, 4) is 16.3 Å². The fourth-order valence-corrected chi connectivity index (χ4v) is 3.56. The Morgan fingerprint density at radius 3 is 3.00 bits per heavy atom. The number of rotatable bonds is 6. The third-order valence-corrected chi connectivity index (χ3v) is 4.84. The normalized spacial score (nSPS) is 11.0. The molecule has 0 saturated heterocycles. The predicted octanol–water partition coefficient (Wildman–Crippen LogP) is 5.37. The lowest BCUT2D eigenvalue weighted by molar-refractivity contribution is 0.340. The lowest BCUT2D eigenvalue weighted by Crippen LogP contribution is -1.94. The van der Waals surface area contributed by atoms with Crippen LogP contribution in [0.25, 0.3) is 10.6 Å². The van der Waals surface area contributed by atoms with Crippen LogP contribution in [0.2, 0.25) is 5.02 Å². The van der Waals surface area contributed by atoms with Gasteiger partial charge >= 0.3 is 0 Å². The van der Waals surface area contributed by atoms with Crippen LogP contribution in [0.4, 0.5) is 5.13 Å². The number of thiazole rings is 1. The van der Waals surface area contributed by atoms with Crippen LogP contribution < -0.4 is 10.2 Å². The molecule has 118 valence electrons. The average Bonchev–Trinajstić information content (AvgIpc) is 3.21. The summed E-state index contributed by atoms with van der Waals surface area (Å²) >= 11 is 9.34. The van der Waals surface area contributed by atoms with E-state index in [1.165, 1.54) is 11.3 Å². The molecule has 0 amide bonds. The van der Waals surface area contributed by atoms with Crippen LogP contribution >= 0.6 is 34.3 Å². The Bertz CT molecular complexity index is 800. The molecule has 0 saturated carbocycles. The summed E-state index contributed by atoms with van der Waals surface area (Å²) in [6, 6.07) is 9.62. The first-order valence-electron chi connectivity index (χ1n) is 6.97. The average molecular weight is 364 g/mol. The lowest BCUT2D eigenvalue weighted by atomic mass is 10.2. The molecule has 0 fully saturated rings. The van der Waals surface area contributed by atoms with Gasteiger partial charge in [-0.05, 0) is 42.1 Å². The first kappa shape index (κ1) is 16.0. The first-order valence-corrected chi connectivity index (χ1v) is 9.11. The van der Waals surface area contributed by atoms with E-state index < -0.39 is 0 Å². The van der Waals surface area contributed by atoms with Gasteiger partial charge < -0.3 is 4.74 Å². The van der Waals surface area contributed by atoms with E-state index in [0.29, 0.717) is 17.4 Å². The van der Waals surface area contributed by atoms with Gasteiger partial charge in [-0.25, -0.2) is 4.98 Å². The highest BCUT2D eigenvalue weighted by Crippen LogP contribution is 2.28. The van der Waals surface area contributed by atoms with Gasteiger partial charge in [0.2, 0.25) is 5.13 Å². The van der Waals surface area contributed by atoms with Crippen LogP contribution in [0.3, 0.4) is 0 Å². The molecule has 23 heavy (non-hydrogen) atoms. The van der Waals surface area contributed by atoms with Crippen molar-refractivity contribution < 1.29 is 4.74 Å². The van der Waals surface area contributed by atoms with Crippen LogP contribution in [0.15, 0.2) is 46.2 Å². The molecule has 0 bridgehead atoms. The molecule has 2 aromatic heterocycles. The second-order valence-electron chi connectivity index (χ2n) is 4.51. The molecule has 0 aliphatic carbocycles. The summed E-state index contributed by atoms with van der Waals surface area (Å²) in [5.41, 5.74) is 4.80. The molecule has 0 atom stereocenters. The Kier molecular flexibility index (Phi) is 5.27. The number of hydrogen-bond donors (Lipinski definition) is 1. The molecular formula is C16H14ClN3OS2. The van der Waals surface area contributed by atoms with Crippen molar-refractivity contribution in [2.75, 3.05) is 12.0 Å². The highest BCUT2D eigenvalue weighted by atomic mass is 35.5. The molecular weight excluding hydrogens is 350 g/mol. The van der Waals surface area contributed by atoms with Gasteiger partial charge in [-0.2, -0.15) is 5.10 Å². The zero-order chi connectivity index (χ0) is 16.1. The number of halogens is 1. The van der Waals surface area contributed by atoms with Gasteiger partial charge in [-0.15, -0.1) is 22.7 Å². The van der Waals surface area contributed by atoms with Gasteiger partial charge in [0.25, 0.3) is 0 Å². The SMILES string of the molecule is CCOc1ccc(/C=N\Nc2nc(-c3cccs3)cs2)cc1Cl. The van der Waals surface area contributed by atoms with Gasteiger partial charge in [-0.1, -0.05) is 17.7 Å². The van der Waals surface area contributed by atoms with Crippen LogP contribution in [0.5, 0.6) is 5.75 Å². The van der Waals surface area contributed by atoms with Gasteiger partial charge in [0, 0.05) is 5.38 Å². The van der Waals surface area contributed by atoms with E-state index in [1.807, 2.05) is 41.9 Å². The molecule has 3 rings (SSSR count). The van der Waals surface area contributed by atoms with E-state index in [0.717, 1.165) is 21.3 Å². The van der Waals surface area contributed by atoms with Crippen molar-refractivity contribution in [3.63, 3.8) is 0 Å². The van der Waals surface area contributed by atoms with Crippen molar-refractivity contribution in [1.29, 1.82) is 0 Å². The number of thiophene rings is 1. The van der Waals surface area contributed by atoms with Gasteiger partial charge in [0.15, 0.2) is 0 Å². The van der Waals surface area contributed by atoms with Crippen LogP contribution in [-0.2, 0) is 0 Å². The van der Waals surface area contributed by atoms with Crippen LogP contribution in [-0.4, -0.2) is 17.8 Å². The van der Waals surface area contributed by atoms with Gasteiger partial charge in [0.05, 0.1) is 28.4 Å². The highest BCUT2D eigenvalue weighted by Gasteiger charge is 2.04. The quantitative estimate of drug-likeness (QED) is 0.473. The molecule has 2 heterocycles. The smallest absolute Gasteiger partial charge is 0.203 e. The van der Waals surface area contributed by atoms with Crippen molar-refractivity contribution >= 4 is 45.6 Å². The van der Waals surface area contributed by atoms with E-state index in [1.54, 1.807) is 17.6 Å². The molecule has 3 aromatic rings. The van der Waals surface area contributed by atoms with Crippen molar-refractivity contribution in [2.24, 2.45) is 5.10 Å². The maximum Gasteiger partial charge on any atom is 0.203 e. The fraction of sp³-hybridized carbons (Fsp3) is 0.125. The molecule has 1 aromatic carbocycles. The maximum absolute atomic E-state index is 6.15. The first-order chi connectivity index (χ1) is 11.3. The van der Waals surface area contributed by atoms with Crippen molar-refractivity contribution in [1.82, 2.24) is 4.98 Å². The van der Waals surface area contributed by atoms with Crippen molar-refractivity contribution in [2.45, 2.75) is 6.92 Å². The number of nitrogens with one attached hydrogen (secondary N) is 1. The second kappa shape index (κ2) is 7.59. The molecule has 4 nitrogen and oxygen atoms in total. The minimum Gasteiger partial charge on any atom is -0.492 e. The Labute approximate surface area is 147 Å². The van der Waals surface area contributed by atoms with E-state index >= 15 is 0 Å². The number of anilines is 1. The summed E-state index contributed by atoms with van der Waals surface area (Å²) in [6.07, 6.45) is 1.70. The third-order valence-electron chi connectivity index (χ3n) is 2.91. The van der Waals surface area contributed by atoms with E-state index in [4.69, 9.17) is 16.3 Å². The zero-order valence-corrected chi connectivity index (χ0v) is 14.7. The second-order valence-corrected chi connectivity index (χ2v) is 6.72. The Balaban J connectivity index is 1.64. The molecule has 7 heteroatoms. The molecule has 0 aliphatic heterocycles. The summed E-state index contributed by atoms with van der Waals surface area (Å²) < 4.78 is 5.40. The van der Waals surface area contributed by atoms with Gasteiger partial charge in [-0.3, -0.25) is 5.43 Å². The van der Waals surface area contributed by atoms with Gasteiger partial charge in [0.1, 0.15) is 5.75 Å². The third kappa shape index (κ3) is 4.10. The predicted molar refractivity (Wildman–Crippen MR) is 99.3 cm³/mol. The van der Waals surface area contributed by atoms with E-state index in [-0.39, 0.29) is 0 Å². The molecule has 0 radical (unpaired) electrons. The van der Waals surface area contributed by atoms with Crippen LogP contribution in [0, 0.1) is 0 Å². The number of ether oxygens (including phenoxy) is 1. The number of nitrogens with zero attached hydrogens (tertiary/aromatic N) is 2. The molecule has 0 unspecified atom stereocenters. The summed E-state index contributed by atoms with van der Waals surface area (Å²) in [7, 11) is 0. The maximum atomic E-state index is 6.15. The number of benzene rings is 1. The Morgan fingerprint density at radius 2 is 2.26 bits per heavy atom. The highest BCUT2D eigenvalue weighted by molar-refractivity contribution is 7.15. The van der Waals surface area contributed by atoms with E-state index in [9.17, 15) is 0 Å². The Hall–Kier alpha value is -1.89. The van der Waals surface area contributed by atoms with E-state index in [2.05, 4.69) is 21.6 Å². The Morgan fingerprint density at radius 1 is 1.35 bits per heavy atom. The molecule has 1 N–H and O–H groups in total. The largest absolute Gasteiger partial charge is 0.492 e. The van der Waals surface area contributed by atoms with Crippen LogP contribution in [0.1, 0.15) is 12.5 Å². The summed E-state index contributed by atoms with van der Waals surface area (Å²) in [6.45, 7) is 2.51. The number of aromatic nitrogens is 1. The minimum absolute atomic E-state index is 0.574. The topological polar surface area (TPSA) is 46.5 Å². The number of hydrazone groups is 1. The minimum atomic E-state index is 0.574.